The minimum atomic E-state index is -0.828. The third kappa shape index (κ3) is 2.19. The second-order valence-electron chi connectivity index (χ2n) is 4.60. The first-order valence-corrected chi connectivity index (χ1v) is 6.45. The molecule has 1 amide bonds. The Balaban J connectivity index is 2.02. The van der Waals surface area contributed by atoms with Crippen LogP contribution in [-0.4, -0.2) is 11.7 Å². The van der Waals surface area contributed by atoms with Crippen molar-refractivity contribution in [1.82, 2.24) is 0 Å². The maximum Gasteiger partial charge on any atom is 0.299 e. The van der Waals surface area contributed by atoms with E-state index in [-0.39, 0.29) is 22.8 Å². The molecule has 1 aliphatic rings. The maximum absolute atomic E-state index is 13.9. The Kier molecular flexibility index (Phi) is 3.22. The lowest BCUT2D eigenvalue weighted by Crippen LogP contribution is -2.29. The molecule has 0 spiro atoms. The highest BCUT2D eigenvalue weighted by Gasteiger charge is 2.37. The van der Waals surface area contributed by atoms with Crippen LogP contribution in [-0.2, 0) is 11.3 Å². The normalized spacial score (nSPS) is 13.8. The first-order valence-electron chi connectivity index (χ1n) is 6.07. The molecule has 3 rings (SSSR count). The molecule has 0 aromatic heterocycles. The minimum absolute atomic E-state index is 0.0226. The van der Waals surface area contributed by atoms with Crippen molar-refractivity contribution in [2.45, 2.75) is 6.54 Å². The maximum atomic E-state index is 13.9. The average molecular weight is 308 g/mol. The summed E-state index contributed by atoms with van der Waals surface area (Å²) in [6.45, 7) is -0.105. The molecular formula is C15H8ClF2NO2. The highest BCUT2D eigenvalue weighted by Crippen LogP contribution is 2.33. The summed E-state index contributed by atoms with van der Waals surface area (Å²) in [5.74, 6) is -2.90. The van der Waals surface area contributed by atoms with E-state index in [0.29, 0.717) is 5.56 Å². The van der Waals surface area contributed by atoms with E-state index in [1.54, 1.807) is 0 Å². The van der Waals surface area contributed by atoms with Crippen LogP contribution >= 0.6 is 11.6 Å². The van der Waals surface area contributed by atoms with Crippen molar-refractivity contribution < 1.29 is 18.4 Å². The SMILES string of the molecule is O=C1C(=O)N(Cc2ccc(Cl)c(F)c2)c2c(F)cccc21. The molecule has 6 heteroatoms. The quantitative estimate of drug-likeness (QED) is 0.798. The van der Waals surface area contributed by atoms with Crippen LogP contribution in [0.4, 0.5) is 14.5 Å². The number of para-hydroxylation sites is 1. The zero-order chi connectivity index (χ0) is 15.1. The first-order chi connectivity index (χ1) is 9.99. The number of hydrogen-bond acceptors (Lipinski definition) is 2. The molecule has 0 bridgehead atoms. The van der Waals surface area contributed by atoms with E-state index in [1.807, 2.05) is 0 Å². The van der Waals surface area contributed by atoms with Gasteiger partial charge in [0.05, 0.1) is 22.8 Å². The van der Waals surface area contributed by atoms with Crippen molar-refractivity contribution in [2.24, 2.45) is 0 Å². The highest BCUT2D eigenvalue weighted by atomic mass is 35.5. The smallest absolute Gasteiger partial charge is 0.298 e. The van der Waals surface area contributed by atoms with Crippen LogP contribution in [0.25, 0.3) is 0 Å². The fourth-order valence-corrected chi connectivity index (χ4v) is 2.40. The predicted octanol–water partition coefficient (Wildman–Crippen LogP) is 3.35. The summed E-state index contributed by atoms with van der Waals surface area (Å²) in [6, 6.07) is 7.93. The molecule has 2 aromatic rings. The van der Waals surface area contributed by atoms with Gasteiger partial charge in [-0.05, 0) is 29.8 Å². The number of nitrogens with zero attached hydrogens (tertiary/aromatic N) is 1. The zero-order valence-corrected chi connectivity index (χ0v) is 11.3. The van der Waals surface area contributed by atoms with Crippen molar-refractivity contribution in [3.05, 3.63) is 64.2 Å². The number of carbonyl (C=O) groups is 2. The van der Waals surface area contributed by atoms with Gasteiger partial charge in [0.2, 0.25) is 0 Å². The van der Waals surface area contributed by atoms with Gasteiger partial charge in [-0.25, -0.2) is 8.78 Å². The van der Waals surface area contributed by atoms with Crippen LogP contribution in [0.5, 0.6) is 0 Å². The van der Waals surface area contributed by atoms with Crippen LogP contribution in [0, 0.1) is 11.6 Å². The van der Waals surface area contributed by atoms with Crippen LogP contribution in [0.2, 0.25) is 5.02 Å². The van der Waals surface area contributed by atoms with Crippen molar-refractivity contribution in [3.8, 4) is 0 Å². The number of ketones is 1. The Morgan fingerprint density at radius 3 is 2.52 bits per heavy atom. The summed E-state index contributed by atoms with van der Waals surface area (Å²) in [6.07, 6.45) is 0. The van der Waals surface area contributed by atoms with Crippen LogP contribution in [0.3, 0.4) is 0 Å². The minimum Gasteiger partial charge on any atom is -0.298 e. The molecule has 0 radical (unpaired) electrons. The van der Waals surface area contributed by atoms with Gasteiger partial charge in [0.1, 0.15) is 11.6 Å². The molecule has 0 fully saturated rings. The third-order valence-corrected chi connectivity index (χ3v) is 3.57. The van der Waals surface area contributed by atoms with Gasteiger partial charge in [-0.2, -0.15) is 0 Å². The molecule has 0 atom stereocenters. The molecule has 21 heavy (non-hydrogen) atoms. The largest absolute Gasteiger partial charge is 0.299 e. The molecule has 0 saturated heterocycles. The lowest BCUT2D eigenvalue weighted by molar-refractivity contribution is -0.114. The molecule has 0 aliphatic carbocycles. The van der Waals surface area contributed by atoms with Crippen LogP contribution in [0.15, 0.2) is 36.4 Å². The number of anilines is 1. The molecule has 0 N–H and O–H groups in total. The molecular weight excluding hydrogens is 300 g/mol. The number of fused-ring (bicyclic) bond motifs is 1. The monoisotopic (exact) mass is 307 g/mol. The molecule has 3 nitrogen and oxygen atoms in total. The lowest BCUT2D eigenvalue weighted by Gasteiger charge is -2.17. The molecule has 0 unspecified atom stereocenters. The Hall–Kier alpha value is -2.27. The number of rotatable bonds is 2. The van der Waals surface area contributed by atoms with E-state index in [2.05, 4.69) is 0 Å². The topological polar surface area (TPSA) is 37.4 Å². The van der Waals surface area contributed by atoms with E-state index in [4.69, 9.17) is 11.6 Å². The summed E-state index contributed by atoms with van der Waals surface area (Å²) in [4.78, 5) is 24.8. The summed E-state index contributed by atoms with van der Waals surface area (Å²) in [5, 5.41) is -0.0471. The van der Waals surface area contributed by atoms with E-state index < -0.39 is 23.3 Å². The molecule has 0 saturated carbocycles. The predicted molar refractivity (Wildman–Crippen MR) is 73.3 cm³/mol. The Labute approximate surface area is 123 Å². The molecule has 2 aromatic carbocycles. The standard InChI is InChI=1S/C15H8ClF2NO2/c16-10-5-4-8(6-12(10)18)7-19-13-9(14(20)15(19)21)2-1-3-11(13)17/h1-6H,7H2. The van der Waals surface area contributed by atoms with E-state index >= 15 is 0 Å². The van der Waals surface area contributed by atoms with Gasteiger partial charge < -0.3 is 0 Å². The van der Waals surface area contributed by atoms with Gasteiger partial charge in [-0.3, -0.25) is 14.5 Å². The average Bonchev–Trinajstić information content (AvgIpc) is 2.69. The summed E-state index contributed by atoms with van der Waals surface area (Å²) in [5.41, 5.74) is 0.367. The number of amides is 1. The number of hydrogen-bond donors (Lipinski definition) is 0. The Bertz CT molecular complexity index is 776. The first kappa shape index (κ1) is 13.7. The van der Waals surface area contributed by atoms with Gasteiger partial charge in [-0.15, -0.1) is 0 Å². The molecule has 1 aliphatic heterocycles. The van der Waals surface area contributed by atoms with Gasteiger partial charge in [0.25, 0.3) is 11.7 Å². The fourth-order valence-electron chi connectivity index (χ4n) is 2.28. The summed E-state index contributed by atoms with van der Waals surface area (Å²) >= 11 is 5.59. The number of carbonyl (C=O) groups excluding carboxylic acids is 2. The second kappa shape index (κ2) is 4.93. The van der Waals surface area contributed by atoms with Gasteiger partial charge in [0.15, 0.2) is 0 Å². The summed E-state index contributed by atoms with van der Waals surface area (Å²) in [7, 11) is 0. The van der Waals surface area contributed by atoms with Gasteiger partial charge >= 0.3 is 0 Å². The van der Waals surface area contributed by atoms with Crippen molar-refractivity contribution >= 4 is 29.0 Å². The molecule has 1 heterocycles. The Morgan fingerprint density at radius 1 is 1.05 bits per heavy atom. The number of Topliss-reactive ketones (excluding diaryl/α,β-unsaturated/α-hetero) is 1. The van der Waals surface area contributed by atoms with E-state index in [1.165, 1.54) is 30.3 Å². The third-order valence-electron chi connectivity index (χ3n) is 3.27. The summed E-state index contributed by atoms with van der Waals surface area (Å²) < 4.78 is 27.3. The van der Waals surface area contributed by atoms with Crippen molar-refractivity contribution in [1.29, 1.82) is 0 Å². The lowest BCUT2D eigenvalue weighted by atomic mass is 10.1. The van der Waals surface area contributed by atoms with Crippen molar-refractivity contribution in [2.75, 3.05) is 4.90 Å². The fraction of sp³-hybridized carbons (Fsp3) is 0.0667. The van der Waals surface area contributed by atoms with Crippen LogP contribution < -0.4 is 4.90 Å². The molecule has 106 valence electrons. The van der Waals surface area contributed by atoms with Gasteiger partial charge in [-0.1, -0.05) is 23.7 Å². The second-order valence-corrected chi connectivity index (χ2v) is 5.01. The number of benzene rings is 2. The zero-order valence-electron chi connectivity index (χ0n) is 10.6. The van der Waals surface area contributed by atoms with Crippen LogP contribution in [0.1, 0.15) is 15.9 Å². The highest BCUT2D eigenvalue weighted by molar-refractivity contribution is 6.52. The van der Waals surface area contributed by atoms with E-state index in [9.17, 15) is 18.4 Å². The Morgan fingerprint density at radius 2 is 1.81 bits per heavy atom. The van der Waals surface area contributed by atoms with Crippen molar-refractivity contribution in [3.63, 3.8) is 0 Å². The number of halogens is 3. The van der Waals surface area contributed by atoms with Gasteiger partial charge in [0, 0.05) is 0 Å². The van der Waals surface area contributed by atoms with E-state index in [0.717, 1.165) is 11.0 Å².